The fraction of sp³-hybridized carbons (Fsp3) is 0.640. The molecule has 4 aliphatic rings. The predicted octanol–water partition coefficient (Wildman–Crippen LogP) is 2.32. The van der Waals surface area contributed by atoms with Gasteiger partial charge in [0.15, 0.2) is 0 Å². The Morgan fingerprint density at radius 1 is 1.28 bits per heavy atom. The molecule has 0 aromatic carbocycles. The summed E-state index contributed by atoms with van der Waals surface area (Å²) < 4.78 is 1.78. The summed E-state index contributed by atoms with van der Waals surface area (Å²) in [5.74, 6) is 2.57. The van der Waals surface area contributed by atoms with Gasteiger partial charge in [-0.15, -0.1) is 0 Å². The number of rotatable bonds is 8. The third kappa shape index (κ3) is 3.24. The van der Waals surface area contributed by atoms with Crippen molar-refractivity contribution in [3.8, 4) is 0 Å². The highest BCUT2D eigenvalue weighted by Gasteiger charge is 2.76. The predicted molar refractivity (Wildman–Crippen MR) is 119 cm³/mol. The fourth-order valence-electron chi connectivity index (χ4n) is 7.16. The van der Waals surface area contributed by atoms with Gasteiger partial charge in [-0.1, -0.05) is 13.0 Å². The van der Waals surface area contributed by atoms with E-state index in [0.29, 0.717) is 34.3 Å². The van der Waals surface area contributed by atoms with E-state index in [1.54, 1.807) is 10.6 Å². The van der Waals surface area contributed by atoms with E-state index in [1.807, 2.05) is 25.1 Å². The zero-order chi connectivity index (χ0) is 22.1. The summed E-state index contributed by atoms with van der Waals surface area (Å²) in [5.41, 5.74) is 2.79. The quantitative estimate of drug-likeness (QED) is 0.592. The van der Waals surface area contributed by atoms with Crippen molar-refractivity contribution in [2.45, 2.75) is 58.0 Å². The van der Waals surface area contributed by atoms with Gasteiger partial charge in [0.25, 0.3) is 5.91 Å². The number of amides is 2. The van der Waals surface area contributed by atoms with E-state index in [1.165, 1.54) is 32.1 Å². The second-order valence-electron chi connectivity index (χ2n) is 10.9. The summed E-state index contributed by atoms with van der Waals surface area (Å²) in [6.45, 7) is 2.88. The van der Waals surface area contributed by atoms with Crippen LogP contribution in [0.3, 0.4) is 0 Å². The Balaban J connectivity index is 1.12. The van der Waals surface area contributed by atoms with Crippen LogP contribution >= 0.6 is 0 Å². The minimum absolute atomic E-state index is 0.0722. The molecule has 5 unspecified atom stereocenters. The minimum Gasteiger partial charge on any atom is -0.391 e. The molecule has 2 amide bonds. The van der Waals surface area contributed by atoms with Gasteiger partial charge in [0.05, 0.1) is 18.2 Å². The lowest BCUT2D eigenvalue weighted by Crippen LogP contribution is -2.40. The van der Waals surface area contributed by atoms with Crippen molar-refractivity contribution >= 4 is 17.5 Å². The van der Waals surface area contributed by atoms with Gasteiger partial charge in [0.1, 0.15) is 11.3 Å². The van der Waals surface area contributed by atoms with Crippen molar-refractivity contribution < 1.29 is 14.7 Å². The lowest BCUT2D eigenvalue weighted by Gasteiger charge is -2.36. The van der Waals surface area contributed by atoms with Gasteiger partial charge >= 0.3 is 0 Å². The largest absolute Gasteiger partial charge is 0.391 e. The zero-order valence-electron chi connectivity index (χ0n) is 18.6. The maximum Gasteiger partial charge on any atom is 0.268 e. The number of fused-ring (bicyclic) bond motifs is 3. The number of nitrogens with zero attached hydrogens (tertiary/aromatic N) is 2. The van der Waals surface area contributed by atoms with Crippen LogP contribution in [0.4, 0.5) is 0 Å². The first-order valence-electron chi connectivity index (χ1n) is 12.1. The molecule has 4 fully saturated rings. The molecule has 4 aliphatic carbocycles. The lowest BCUT2D eigenvalue weighted by molar-refractivity contribution is -0.120. The van der Waals surface area contributed by atoms with Gasteiger partial charge < -0.3 is 15.7 Å². The molecular weight excluding hydrogens is 404 g/mol. The van der Waals surface area contributed by atoms with Crippen LogP contribution in [-0.4, -0.2) is 45.5 Å². The first-order chi connectivity index (χ1) is 15.4. The normalized spacial score (nSPS) is 34.5. The van der Waals surface area contributed by atoms with E-state index in [9.17, 15) is 14.7 Å². The van der Waals surface area contributed by atoms with Crippen LogP contribution in [-0.2, 0) is 11.2 Å². The summed E-state index contributed by atoms with van der Waals surface area (Å²) in [4.78, 5) is 29.8. The molecule has 0 radical (unpaired) electrons. The number of aromatic nitrogens is 2. The number of aliphatic hydroxyl groups excluding tert-OH is 1. The molecule has 1 spiro atoms. The van der Waals surface area contributed by atoms with Crippen LogP contribution in [0, 0.1) is 28.6 Å². The molecule has 170 valence electrons. The van der Waals surface area contributed by atoms with Crippen molar-refractivity contribution in [3.05, 3.63) is 35.8 Å². The molecule has 6 atom stereocenters. The number of carbonyl (C=O) groups is 2. The van der Waals surface area contributed by atoms with E-state index < -0.39 is 6.10 Å². The van der Waals surface area contributed by atoms with E-state index >= 15 is 0 Å². The second-order valence-corrected chi connectivity index (χ2v) is 10.9. The van der Waals surface area contributed by atoms with Crippen LogP contribution in [0.15, 0.2) is 24.4 Å². The first-order valence-corrected chi connectivity index (χ1v) is 12.1. The Labute approximate surface area is 188 Å². The Morgan fingerprint density at radius 2 is 2.16 bits per heavy atom. The summed E-state index contributed by atoms with van der Waals surface area (Å²) >= 11 is 0. The summed E-state index contributed by atoms with van der Waals surface area (Å²) in [7, 11) is 0. The number of carbonyl (C=O) groups excluding carboxylic acids is 2. The molecule has 2 bridgehead atoms. The third-order valence-electron chi connectivity index (χ3n) is 8.77. The van der Waals surface area contributed by atoms with Crippen molar-refractivity contribution in [2.75, 3.05) is 13.1 Å². The monoisotopic (exact) mass is 436 g/mol. The maximum atomic E-state index is 13.1. The van der Waals surface area contributed by atoms with Crippen LogP contribution in [0.2, 0.25) is 0 Å². The number of pyridine rings is 1. The number of imidazole rings is 1. The molecule has 2 aromatic heterocycles. The van der Waals surface area contributed by atoms with Crippen molar-refractivity contribution in [1.29, 1.82) is 0 Å². The molecule has 3 N–H and O–H groups in total. The van der Waals surface area contributed by atoms with E-state index in [4.69, 9.17) is 0 Å². The second kappa shape index (κ2) is 7.04. The SMILES string of the molecule is CCC(O)CNC(=O)Cc1cn2c(C(=O)NCC34CC5C[C@@H]5C5(CC5C3)C4)cccc2n1. The van der Waals surface area contributed by atoms with Crippen molar-refractivity contribution in [1.82, 2.24) is 20.0 Å². The molecule has 0 aliphatic heterocycles. The van der Waals surface area contributed by atoms with Crippen molar-refractivity contribution in [2.24, 2.45) is 28.6 Å². The maximum absolute atomic E-state index is 13.1. The number of hydrogen-bond acceptors (Lipinski definition) is 4. The molecule has 6 rings (SSSR count). The number of aliphatic hydroxyl groups is 1. The van der Waals surface area contributed by atoms with Crippen molar-refractivity contribution in [3.63, 3.8) is 0 Å². The molecular formula is C25H32N4O3. The van der Waals surface area contributed by atoms with Gasteiger partial charge in [-0.05, 0) is 79.2 Å². The average Bonchev–Trinajstić information content (AvgIpc) is 3.62. The van der Waals surface area contributed by atoms with Gasteiger partial charge in [0.2, 0.25) is 5.91 Å². The van der Waals surface area contributed by atoms with E-state index in [-0.39, 0.29) is 24.8 Å². The smallest absolute Gasteiger partial charge is 0.268 e. The summed E-state index contributed by atoms with van der Waals surface area (Å²) in [6, 6.07) is 5.50. The standard InChI is InChI=1S/C25H32N4O3/c1-2-18(30)11-26-22(31)7-17-12-29-20(4-3-5-21(29)28-17)23(32)27-14-24-8-15-6-19(15)25(13-24)10-16(25)9-24/h3-5,12,15-16,18-19,30H,2,6-11,13-14H2,1H3,(H,26,31)(H,27,32)/t15?,16?,18?,19-,24?,25?/m0/s1. The Hall–Kier alpha value is -2.41. The van der Waals surface area contributed by atoms with Crippen LogP contribution < -0.4 is 10.6 Å². The Bertz CT molecular complexity index is 1090. The highest BCUT2D eigenvalue weighted by molar-refractivity contribution is 5.93. The lowest BCUT2D eigenvalue weighted by atomic mass is 9.71. The Kier molecular flexibility index (Phi) is 4.45. The molecule has 4 saturated carbocycles. The molecule has 7 heteroatoms. The van der Waals surface area contributed by atoms with Crippen LogP contribution in [0.25, 0.3) is 5.65 Å². The van der Waals surface area contributed by atoms with Gasteiger partial charge in [-0.3, -0.25) is 14.0 Å². The number of hydrogen-bond donors (Lipinski definition) is 3. The first kappa shape index (κ1) is 20.2. The molecule has 2 heterocycles. The molecule has 0 saturated heterocycles. The van der Waals surface area contributed by atoms with E-state index in [0.717, 1.165) is 24.3 Å². The number of nitrogens with one attached hydrogen (secondary N) is 2. The molecule has 2 aromatic rings. The Morgan fingerprint density at radius 3 is 3.00 bits per heavy atom. The molecule has 7 nitrogen and oxygen atoms in total. The third-order valence-corrected chi connectivity index (χ3v) is 8.77. The molecule has 32 heavy (non-hydrogen) atoms. The topological polar surface area (TPSA) is 95.7 Å². The van der Waals surface area contributed by atoms with E-state index in [2.05, 4.69) is 15.6 Å². The highest BCUT2D eigenvalue weighted by atomic mass is 16.3. The van der Waals surface area contributed by atoms with Gasteiger partial charge in [-0.25, -0.2) is 4.98 Å². The van der Waals surface area contributed by atoms with Gasteiger partial charge in [-0.2, -0.15) is 0 Å². The average molecular weight is 437 g/mol. The summed E-state index contributed by atoms with van der Waals surface area (Å²) in [6.07, 6.45) is 8.71. The van der Waals surface area contributed by atoms with Crippen LogP contribution in [0.1, 0.15) is 61.6 Å². The summed E-state index contributed by atoms with van der Waals surface area (Å²) in [5, 5.41) is 15.6. The fourth-order valence-corrected chi connectivity index (χ4v) is 7.16. The van der Waals surface area contributed by atoms with Crippen LogP contribution in [0.5, 0.6) is 0 Å². The highest BCUT2D eigenvalue weighted by Crippen LogP contribution is 2.83. The minimum atomic E-state index is -0.537. The van der Waals surface area contributed by atoms with Gasteiger partial charge in [0, 0.05) is 19.3 Å². The zero-order valence-corrected chi connectivity index (χ0v) is 18.6.